The van der Waals surface area contributed by atoms with E-state index in [4.69, 9.17) is 34.8 Å². The normalized spacial score (nSPS) is 24.5. The maximum atomic E-state index is 14.3. The molecule has 0 bridgehead atoms. The lowest BCUT2D eigenvalue weighted by Gasteiger charge is -2.39. The van der Waals surface area contributed by atoms with Crippen LogP contribution in [0.5, 0.6) is 11.5 Å². The van der Waals surface area contributed by atoms with Crippen LogP contribution in [0.2, 0.25) is 41.3 Å². The maximum absolute atomic E-state index is 14.3. The number of rotatable bonds is 8. The Labute approximate surface area is 302 Å². The molecule has 10 nitrogen and oxygen atoms in total. The molecule has 14 heteroatoms. The zero-order chi connectivity index (χ0) is 36.5. The number of fused-ring (bicyclic) bond motifs is 2. The van der Waals surface area contributed by atoms with Crippen molar-refractivity contribution in [2.24, 2.45) is 5.16 Å². The molecule has 0 spiro atoms. The van der Waals surface area contributed by atoms with Crippen LogP contribution in [0.1, 0.15) is 70.8 Å². The lowest BCUT2D eigenvalue weighted by atomic mass is 9.99. The highest BCUT2D eigenvalue weighted by molar-refractivity contribution is 8.14. The monoisotopic (exact) mass is 750 g/mol. The number of esters is 1. The van der Waals surface area contributed by atoms with Crippen molar-refractivity contribution in [2.45, 2.75) is 116 Å². The summed E-state index contributed by atoms with van der Waals surface area (Å²) in [6.07, 6.45) is 7.47. The van der Waals surface area contributed by atoms with Crippen molar-refractivity contribution in [3.63, 3.8) is 0 Å². The third-order valence-corrected chi connectivity index (χ3v) is 19.8. The fraction of sp³-hybridized carbons (Fsp3) is 0.600. The quantitative estimate of drug-likeness (QED) is 0.0847. The van der Waals surface area contributed by atoms with Gasteiger partial charge in [0.15, 0.2) is 0 Å². The molecule has 3 aliphatic heterocycles. The van der Waals surface area contributed by atoms with Crippen LogP contribution in [0.25, 0.3) is 0 Å². The topological polar surface area (TPSA) is 116 Å². The molecule has 1 aromatic rings. The molecular formula is C35H51ClN2O8SSi2. The molecule has 3 heterocycles. The number of oxime groups is 1. The average Bonchev–Trinajstić information content (AvgIpc) is 3.62. The summed E-state index contributed by atoms with van der Waals surface area (Å²) in [4.78, 5) is 45.2. The Morgan fingerprint density at radius 1 is 1.00 bits per heavy atom. The minimum Gasteiger partial charge on any atom is -0.543 e. The van der Waals surface area contributed by atoms with Gasteiger partial charge in [0.2, 0.25) is 5.91 Å². The van der Waals surface area contributed by atoms with Gasteiger partial charge in [0.05, 0.1) is 29.1 Å². The molecule has 0 radical (unpaired) electrons. The van der Waals surface area contributed by atoms with E-state index in [9.17, 15) is 14.4 Å². The number of nitrogens with zero attached hydrogens (tertiary/aromatic N) is 2. The number of cyclic esters (lactones) is 1. The van der Waals surface area contributed by atoms with Gasteiger partial charge in [-0.25, -0.2) is 4.79 Å². The molecule has 0 N–H and O–H groups in total. The zero-order valence-corrected chi connectivity index (χ0v) is 34.2. The van der Waals surface area contributed by atoms with E-state index in [1.807, 2.05) is 25.2 Å². The third-order valence-electron chi connectivity index (χ3n) is 9.82. The van der Waals surface area contributed by atoms with Crippen LogP contribution in [0.15, 0.2) is 35.5 Å². The van der Waals surface area contributed by atoms with Crippen LogP contribution < -0.4 is 8.85 Å². The minimum atomic E-state index is -2.50. The Bertz CT molecular complexity index is 1530. The second kappa shape index (κ2) is 14.9. The van der Waals surface area contributed by atoms with Crippen molar-refractivity contribution in [3.05, 3.63) is 46.5 Å². The molecular weight excluding hydrogens is 700 g/mol. The number of hydrogen-bond acceptors (Lipinski definition) is 10. The summed E-state index contributed by atoms with van der Waals surface area (Å²) in [6, 6.07) is 1.76. The smallest absolute Gasteiger partial charge is 0.342 e. The van der Waals surface area contributed by atoms with Crippen LogP contribution in [-0.4, -0.2) is 81.6 Å². The van der Waals surface area contributed by atoms with Crippen LogP contribution in [0.4, 0.5) is 4.79 Å². The first-order valence-corrected chi connectivity index (χ1v) is 23.9. The molecule has 270 valence electrons. The van der Waals surface area contributed by atoms with Gasteiger partial charge in [0.25, 0.3) is 21.9 Å². The van der Waals surface area contributed by atoms with E-state index in [2.05, 4.69) is 72.9 Å². The van der Waals surface area contributed by atoms with Crippen molar-refractivity contribution in [3.8, 4) is 11.5 Å². The van der Waals surface area contributed by atoms with Crippen LogP contribution in [0.3, 0.4) is 0 Å². The number of epoxide rings is 1. The lowest BCUT2D eigenvalue weighted by Crippen LogP contribution is -2.45. The first-order chi connectivity index (χ1) is 22.6. The molecule has 2 amide bonds. The predicted octanol–water partition coefficient (Wildman–Crippen LogP) is 8.55. The van der Waals surface area contributed by atoms with Gasteiger partial charge in [-0.2, -0.15) is 0 Å². The molecule has 0 aromatic heterocycles. The van der Waals surface area contributed by atoms with Gasteiger partial charge in [0.1, 0.15) is 35.9 Å². The average molecular weight is 751 g/mol. The highest BCUT2D eigenvalue weighted by atomic mass is 35.5. The fourth-order valence-electron chi connectivity index (χ4n) is 4.70. The van der Waals surface area contributed by atoms with Crippen molar-refractivity contribution in [1.82, 2.24) is 4.90 Å². The maximum Gasteiger partial charge on any atom is 0.342 e. The van der Waals surface area contributed by atoms with Crippen LogP contribution >= 0.6 is 23.4 Å². The highest BCUT2D eigenvalue weighted by Crippen LogP contribution is 2.46. The highest BCUT2D eigenvalue weighted by Gasteiger charge is 2.43. The van der Waals surface area contributed by atoms with Crippen molar-refractivity contribution in [2.75, 3.05) is 18.9 Å². The Hall–Kier alpha value is -2.59. The second-order valence-corrected chi connectivity index (χ2v) is 26.5. The summed E-state index contributed by atoms with van der Waals surface area (Å²) in [5, 5.41) is 4.05. The van der Waals surface area contributed by atoms with E-state index in [1.54, 1.807) is 12.1 Å². The first kappa shape index (κ1) is 39.2. The Balaban J connectivity index is 1.86. The number of thioether (sulfide) groups is 1. The summed E-state index contributed by atoms with van der Waals surface area (Å²) >= 11 is 8.22. The van der Waals surface area contributed by atoms with Gasteiger partial charge in [0, 0.05) is 18.9 Å². The van der Waals surface area contributed by atoms with Crippen LogP contribution in [0, 0.1) is 0 Å². The molecule has 3 unspecified atom stereocenters. The van der Waals surface area contributed by atoms with E-state index in [0.717, 1.165) is 16.7 Å². The number of carbonyl (C=O) groups is 3. The number of allylic oxidation sites excluding steroid dienone is 3. The van der Waals surface area contributed by atoms with Crippen LogP contribution in [-0.2, 0) is 25.5 Å². The summed E-state index contributed by atoms with van der Waals surface area (Å²) in [5.74, 6) is 0.0968. The summed E-state index contributed by atoms with van der Waals surface area (Å²) in [6.45, 7) is 23.3. The van der Waals surface area contributed by atoms with E-state index in [-0.39, 0.29) is 69.3 Å². The molecule has 0 aliphatic carbocycles. The summed E-state index contributed by atoms with van der Waals surface area (Å²) < 4.78 is 25.6. The number of ether oxygens (including phenoxy) is 2. The predicted molar refractivity (Wildman–Crippen MR) is 200 cm³/mol. The summed E-state index contributed by atoms with van der Waals surface area (Å²) in [5.41, 5.74) is 1.10. The number of amides is 2. The molecule has 49 heavy (non-hydrogen) atoms. The molecule has 4 rings (SSSR count). The van der Waals surface area contributed by atoms with Crippen molar-refractivity contribution < 1.29 is 37.5 Å². The molecule has 2 fully saturated rings. The molecule has 0 saturated carbocycles. The lowest BCUT2D eigenvalue weighted by molar-refractivity contribution is -0.125. The van der Waals surface area contributed by atoms with E-state index in [1.165, 1.54) is 0 Å². The largest absolute Gasteiger partial charge is 0.543 e. The summed E-state index contributed by atoms with van der Waals surface area (Å²) in [7, 11) is -4.90. The number of halogens is 1. The van der Waals surface area contributed by atoms with E-state index in [0.29, 0.717) is 29.2 Å². The zero-order valence-electron chi connectivity index (χ0n) is 30.6. The molecule has 3 atom stereocenters. The second-order valence-electron chi connectivity index (χ2n) is 15.8. The minimum absolute atomic E-state index is 0.00276. The van der Waals surface area contributed by atoms with Gasteiger partial charge in [-0.15, -0.1) is 0 Å². The molecule has 1 aromatic carbocycles. The SMILES string of the molecule is CC1CC2OC2/C=C/C=C/C(=N\OCCN2C(=O)CSC2=O)Cc2c(Cl)c(O[Si](C)(C)C(C)(C)C)cc(O[Si](C)(C)C(C)(C)C)c2C(=O)O1. The van der Waals surface area contributed by atoms with E-state index >= 15 is 0 Å². The van der Waals surface area contributed by atoms with E-state index < -0.39 is 28.7 Å². The Morgan fingerprint density at radius 2 is 1.63 bits per heavy atom. The number of carbonyl (C=O) groups excluding carboxylic acids is 3. The number of hydrogen-bond donors (Lipinski definition) is 0. The third kappa shape index (κ3) is 9.60. The Kier molecular flexibility index (Phi) is 12.0. The fourth-order valence-corrected chi connectivity index (χ4v) is 7.80. The standard InChI is InChI=1S/C35H51ClN2O8SSi2/c1-22-18-26-25(44-26)15-13-12-14-23(37-42-17-16-38-29(39)21-47-33(38)41)19-24-30(32(40)43-22)27(45-48(8,9)34(2,3)4)20-28(31(24)36)46-49(10,11)35(5,6)7/h12-15,20,22,25-26H,16-19,21H2,1-11H3/b14-12+,15-13+,37-23+. The molecule has 2 saturated heterocycles. The van der Waals surface area contributed by atoms with Gasteiger partial charge < -0.3 is 23.2 Å². The van der Waals surface area contributed by atoms with Crippen molar-refractivity contribution >= 4 is 62.8 Å². The van der Waals surface area contributed by atoms with Gasteiger partial charge in [-0.3, -0.25) is 14.5 Å². The molecule has 3 aliphatic rings. The first-order valence-electron chi connectivity index (χ1n) is 16.7. The van der Waals surface area contributed by atoms with Gasteiger partial charge in [-0.1, -0.05) is 88.3 Å². The van der Waals surface area contributed by atoms with Gasteiger partial charge >= 0.3 is 5.97 Å². The Morgan fingerprint density at radius 3 is 2.22 bits per heavy atom. The number of imide groups is 1. The van der Waals surface area contributed by atoms with Gasteiger partial charge in [-0.05, 0) is 54.8 Å². The van der Waals surface area contributed by atoms with Crippen molar-refractivity contribution in [1.29, 1.82) is 0 Å². The number of benzene rings is 1.